The molecule has 0 aliphatic heterocycles. The number of methoxy groups -OCH3 is 1. The first kappa shape index (κ1) is 12.9. The number of aromatic nitrogens is 2. The highest BCUT2D eigenvalue weighted by molar-refractivity contribution is 6.32. The van der Waals surface area contributed by atoms with Gasteiger partial charge in [-0.1, -0.05) is 17.7 Å². The predicted octanol–water partition coefficient (Wildman–Crippen LogP) is 1.84. The first-order valence-corrected chi connectivity index (χ1v) is 5.61. The Labute approximate surface area is 114 Å². The van der Waals surface area contributed by atoms with Crippen molar-refractivity contribution in [1.29, 1.82) is 5.26 Å². The van der Waals surface area contributed by atoms with Gasteiger partial charge in [0.1, 0.15) is 23.2 Å². The van der Waals surface area contributed by atoms with Crippen LogP contribution in [0, 0.1) is 11.3 Å². The predicted molar refractivity (Wildman–Crippen MR) is 72.6 cm³/mol. The zero-order valence-corrected chi connectivity index (χ0v) is 10.8. The van der Waals surface area contributed by atoms with Gasteiger partial charge in [-0.15, -0.1) is 0 Å². The topological polar surface area (TPSA) is 111 Å². The second-order valence-electron chi connectivity index (χ2n) is 3.65. The van der Waals surface area contributed by atoms with E-state index in [4.69, 9.17) is 33.1 Å². The van der Waals surface area contributed by atoms with E-state index in [0.717, 1.165) is 0 Å². The molecule has 7 heteroatoms. The molecule has 0 fully saturated rings. The zero-order chi connectivity index (χ0) is 14.0. The monoisotopic (exact) mass is 275 g/mol. The number of nitriles is 1. The summed E-state index contributed by atoms with van der Waals surface area (Å²) in [5.74, 6) is 0.512. The summed E-state index contributed by atoms with van der Waals surface area (Å²) >= 11 is 5.95. The van der Waals surface area contributed by atoms with Crippen LogP contribution in [0.3, 0.4) is 0 Å². The van der Waals surface area contributed by atoms with Crippen LogP contribution in [0.5, 0.6) is 5.75 Å². The first-order chi connectivity index (χ1) is 9.06. The summed E-state index contributed by atoms with van der Waals surface area (Å²) in [5.41, 5.74) is 12.4. The van der Waals surface area contributed by atoms with Gasteiger partial charge in [0.2, 0.25) is 5.95 Å². The summed E-state index contributed by atoms with van der Waals surface area (Å²) in [4.78, 5) is 7.80. The number of ether oxygens (including phenoxy) is 1. The highest BCUT2D eigenvalue weighted by atomic mass is 35.5. The lowest BCUT2D eigenvalue weighted by Gasteiger charge is -2.09. The fourth-order valence-corrected chi connectivity index (χ4v) is 1.82. The van der Waals surface area contributed by atoms with Crippen LogP contribution < -0.4 is 16.2 Å². The number of benzene rings is 1. The van der Waals surface area contributed by atoms with Gasteiger partial charge < -0.3 is 16.2 Å². The minimum atomic E-state index is 0.000386. The van der Waals surface area contributed by atoms with Gasteiger partial charge in [-0.2, -0.15) is 10.2 Å². The Morgan fingerprint density at radius 1 is 1.32 bits per heavy atom. The van der Waals surface area contributed by atoms with Gasteiger partial charge in [-0.3, -0.25) is 0 Å². The van der Waals surface area contributed by atoms with Crippen molar-refractivity contribution in [1.82, 2.24) is 9.97 Å². The molecule has 1 heterocycles. The Balaban J connectivity index is 2.68. The Morgan fingerprint density at radius 3 is 2.68 bits per heavy atom. The standard InChI is InChI=1S/C12H10ClN5O/c1-19-9-4-6(2-3-8(9)13)10-7(5-14)11(15)18-12(16)17-10/h2-4H,1H3,(H4,15,16,17,18). The van der Waals surface area contributed by atoms with Gasteiger partial charge in [-0.05, 0) is 12.1 Å². The molecule has 6 nitrogen and oxygen atoms in total. The summed E-state index contributed by atoms with van der Waals surface area (Å²) in [6.07, 6.45) is 0. The molecule has 2 aromatic rings. The average molecular weight is 276 g/mol. The number of hydrogen-bond acceptors (Lipinski definition) is 6. The Hall–Kier alpha value is -2.52. The summed E-state index contributed by atoms with van der Waals surface area (Å²) in [6.45, 7) is 0. The molecule has 0 saturated heterocycles. The van der Waals surface area contributed by atoms with Crippen LogP contribution >= 0.6 is 11.6 Å². The number of nitrogen functional groups attached to an aromatic ring is 2. The SMILES string of the molecule is COc1cc(-c2nc(N)nc(N)c2C#N)ccc1Cl. The third-order valence-corrected chi connectivity index (χ3v) is 2.80. The van der Waals surface area contributed by atoms with Crippen molar-refractivity contribution in [2.45, 2.75) is 0 Å². The quantitative estimate of drug-likeness (QED) is 0.865. The van der Waals surface area contributed by atoms with Crippen LogP contribution in [-0.4, -0.2) is 17.1 Å². The van der Waals surface area contributed by atoms with Crippen molar-refractivity contribution < 1.29 is 4.74 Å². The number of rotatable bonds is 2. The molecule has 0 aliphatic rings. The van der Waals surface area contributed by atoms with Crippen LogP contribution in [0.15, 0.2) is 18.2 Å². The van der Waals surface area contributed by atoms with Crippen LogP contribution in [0.1, 0.15) is 5.56 Å². The smallest absolute Gasteiger partial charge is 0.222 e. The van der Waals surface area contributed by atoms with Gasteiger partial charge >= 0.3 is 0 Å². The van der Waals surface area contributed by atoms with Crippen LogP contribution in [0.4, 0.5) is 11.8 Å². The second kappa shape index (κ2) is 5.00. The molecule has 19 heavy (non-hydrogen) atoms. The van der Waals surface area contributed by atoms with E-state index in [9.17, 15) is 0 Å². The normalized spacial score (nSPS) is 9.95. The molecule has 0 bridgehead atoms. The van der Waals surface area contributed by atoms with Crippen molar-refractivity contribution in [3.05, 3.63) is 28.8 Å². The molecule has 1 aromatic carbocycles. The molecule has 0 atom stereocenters. The minimum absolute atomic E-state index is 0.000386. The van der Waals surface area contributed by atoms with E-state index in [1.54, 1.807) is 18.2 Å². The molecule has 0 aliphatic carbocycles. The number of hydrogen-bond donors (Lipinski definition) is 2. The molecular formula is C12H10ClN5O. The number of nitrogens with zero attached hydrogens (tertiary/aromatic N) is 3. The van der Waals surface area contributed by atoms with Crippen molar-refractivity contribution in [2.24, 2.45) is 0 Å². The molecule has 4 N–H and O–H groups in total. The Morgan fingerprint density at radius 2 is 2.05 bits per heavy atom. The first-order valence-electron chi connectivity index (χ1n) is 5.23. The molecule has 0 spiro atoms. The molecule has 0 amide bonds. The molecular weight excluding hydrogens is 266 g/mol. The Kier molecular flexibility index (Phi) is 3.40. The van der Waals surface area contributed by atoms with E-state index < -0.39 is 0 Å². The maximum Gasteiger partial charge on any atom is 0.222 e. The van der Waals surface area contributed by atoms with Gasteiger partial charge in [0, 0.05) is 5.56 Å². The van der Waals surface area contributed by atoms with E-state index in [2.05, 4.69) is 9.97 Å². The second-order valence-corrected chi connectivity index (χ2v) is 4.06. The highest BCUT2D eigenvalue weighted by Gasteiger charge is 2.14. The summed E-state index contributed by atoms with van der Waals surface area (Å²) < 4.78 is 5.12. The van der Waals surface area contributed by atoms with Gasteiger partial charge in [0.25, 0.3) is 0 Å². The molecule has 96 valence electrons. The molecule has 1 aromatic heterocycles. The fraction of sp³-hybridized carbons (Fsp3) is 0.0833. The van der Waals surface area contributed by atoms with Crippen LogP contribution in [-0.2, 0) is 0 Å². The van der Waals surface area contributed by atoms with Gasteiger partial charge in [-0.25, -0.2) is 4.98 Å². The molecule has 2 rings (SSSR count). The van der Waals surface area contributed by atoms with Crippen molar-refractivity contribution in [3.63, 3.8) is 0 Å². The lowest BCUT2D eigenvalue weighted by Crippen LogP contribution is -2.05. The summed E-state index contributed by atoms with van der Waals surface area (Å²) in [7, 11) is 1.50. The maximum absolute atomic E-state index is 9.12. The molecule has 0 unspecified atom stereocenters. The lowest BCUT2D eigenvalue weighted by atomic mass is 10.1. The van der Waals surface area contributed by atoms with E-state index in [0.29, 0.717) is 22.0 Å². The largest absolute Gasteiger partial charge is 0.495 e. The van der Waals surface area contributed by atoms with Gasteiger partial charge in [0.15, 0.2) is 0 Å². The third kappa shape index (κ3) is 2.37. The number of nitrogens with two attached hydrogens (primary N) is 2. The maximum atomic E-state index is 9.12. The zero-order valence-electron chi connectivity index (χ0n) is 10.0. The van der Waals surface area contributed by atoms with Crippen LogP contribution in [0.25, 0.3) is 11.3 Å². The van der Waals surface area contributed by atoms with E-state index >= 15 is 0 Å². The molecule has 0 radical (unpaired) electrons. The highest BCUT2D eigenvalue weighted by Crippen LogP contribution is 2.32. The summed E-state index contributed by atoms with van der Waals surface area (Å²) in [6, 6.07) is 6.96. The van der Waals surface area contributed by atoms with E-state index in [-0.39, 0.29) is 17.3 Å². The van der Waals surface area contributed by atoms with E-state index in [1.807, 2.05) is 6.07 Å². The summed E-state index contributed by atoms with van der Waals surface area (Å²) in [5, 5.41) is 9.58. The fourth-order valence-electron chi connectivity index (χ4n) is 1.62. The number of anilines is 2. The van der Waals surface area contributed by atoms with Crippen molar-refractivity contribution in [2.75, 3.05) is 18.6 Å². The van der Waals surface area contributed by atoms with Gasteiger partial charge in [0.05, 0.1) is 17.8 Å². The number of halogens is 1. The third-order valence-electron chi connectivity index (χ3n) is 2.49. The lowest BCUT2D eigenvalue weighted by molar-refractivity contribution is 0.415. The van der Waals surface area contributed by atoms with Crippen molar-refractivity contribution in [3.8, 4) is 23.1 Å². The average Bonchev–Trinajstić information content (AvgIpc) is 2.38. The molecule has 0 saturated carbocycles. The van der Waals surface area contributed by atoms with Crippen molar-refractivity contribution >= 4 is 23.4 Å². The van der Waals surface area contributed by atoms with E-state index in [1.165, 1.54) is 7.11 Å². The van der Waals surface area contributed by atoms with Crippen LogP contribution in [0.2, 0.25) is 5.02 Å². The Bertz CT molecular complexity index is 681. The minimum Gasteiger partial charge on any atom is -0.495 e.